The fraction of sp³-hybridized carbons (Fsp3) is 0.429. The number of rotatable bonds is 0. The van der Waals surface area contributed by atoms with Gasteiger partial charge < -0.3 is 10.2 Å². The molecule has 0 bridgehead atoms. The SMILES string of the molecule is Cc1cccc2c1CCN1C(=O)CNC(=O)CC21. The number of fused-ring (bicyclic) bond motifs is 3. The molecule has 94 valence electrons. The van der Waals surface area contributed by atoms with Crippen LogP contribution in [0, 0.1) is 6.92 Å². The minimum atomic E-state index is -0.0800. The van der Waals surface area contributed by atoms with Crippen LogP contribution in [0.3, 0.4) is 0 Å². The molecule has 1 saturated heterocycles. The second-order valence-electron chi connectivity index (χ2n) is 4.98. The van der Waals surface area contributed by atoms with Crippen molar-refractivity contribution in [1.82, 2.24) is 10.2 Å². The highest BCUT2D eigenvalue weighted by atomic mass is 16.2. The number of hydrogen-bond donors (Lipinski definition) is 1. The molecule has 0 aliphatic carbocycles. The van der Waals surface area contributed by atoms with Crippen molar-refractivity contribution in [3.05, 3.63) is 34.9 Å². The zero-order valence-corrected chi connectivity index (χ0v) is 10.4. The van der Waals surface area contributed by atoms with Crippen LogP contribution in [-0.2, 0) is 16.0 Å². The quantitative estimate of drug-likeness (QED) is 0.738. The molecule has 4 nitrogen and oxygen atoms in total. The number of aryl methyl sites for hydroxylation is 1. The average Bonchev–Trinajstić information content (AvgIpc) is 2.50. The van der Waals surface area contributed by atoms with Crippen LogP contribution in [0.4, 0.5) is 0 Å². The van der Waals surface area contributed by atoms with Crippen LogP contribution in [0.5, 0.6) is 0 Å². The second kappa shape index (κ2) is 4.12. The predicted molar refractivity (Wildman–Crippen MR) is 67.0 cm³/mol. The van der Waals surface area contributed by atoms with E-state index in [0.717, 1.165) is 18.5 Å². The first-order valence-electron chi connectivity index (χ1n) is 6.31. The smallest absolute Gasteiger partial charge is 0.242 e. The first-order chi connectivity index (χ1) is 8.66. The van der Waals surface area contributed by atoms with Crippen LogP contribution in [0.15, 0.2) is 18.2 Å². The van der Waals surface area contributed by atoms with Gasteiger partial charge in [-0.3, -0.25) is 9.59 Å². The average molecular weight is 244 g/mol. The van der Waals surface area contributed by atoms with Gasteiger partial charge in [0.25, 0.3) is 0 Å². The lowest BCUT2D eigenvalue weighted by Gasteiger charge is -2.36. The number of nitrogens with one attached hydrogen (secondary N) is 1. The molecule has 1 N–H and O–H groups in total. The normalized spacial score (nSPS) is 22.9. The highest BCUT2D eigenvalue weighted by Crippen LogP contribution is 2.34. The fourth-order valence-corrected chi connectivity index (χ4v) is 2.98. The van der Waals surface area contributed by atoms with Gasteiger partial charge in [0.2, 0.25) is 11.8 Å². The maximum atomic E-state index is 12.0. The van der Waals surface area contributed by atoms with Crippen molar-refractivity contribution in [2.24, 2.45) is 0 Å². The van der Waals surface area contributed by atoms with Crippen LogP contribution < -0.4 is 5.32 Å². The summed E-state index contributed by atoms with van der Waals surface area (Å²) in [6, 6.07) is 6.06. The monoisotopic (exact) mass is 244 g/mol. The second-order valence-corrected chi connectivity index (χ2v) is 4.98. The van der Waals surface area contributed by atoms with E-state index in [-0.39, 0.29) is 24.4 Å². The molecule has 2 aliphatic rings. The Kier molecular flexibility index (Phi) is 2.58. The van der Waals surface area contributed by atoms with E-state index in [9.17, 15) is 9.59 Å². The Morgan fingerprint density at radius 1 is 1.33 bits per heavy atom. The van der Waals surface area contributed by atoms with Gasteiger partial charge in [0, 0.05) is 6.54 Å². The van der Waals surface area contributed by atoms with Crippen molar-refractivity contribution in [2.75, 3.05) is 13.1 Å². The van der Waals surface area contributed by atoms with Crippen LogP contribution in [-0.4, -0.2) is 29.8 Å². The van der Waals surface area contributed by atoms with Crippen LogP contribution in [0.1, 0.15) is 29.2 Å². The number of carbonyl (C=O) groups excluding carboxylic acids is 2. The van der Waals surface area contributed by atoms with Crippen molar-refractivity contribution in [3.63, 3.8) is 0 Å². The molecule has 3 rings (SSSR count). The molecule has 2 heterocycles. The molecule has 0 saturated carbocycles. The Hall–Kier alpha value is -1.84. The van der Waals surface area contributed by atoms with E-state index < -0.39 is 0 Å². The lowest BCUT2D eigenvalue weighted by molar-refractivity contribution is -0.132. The summed E-state index contributed by atoms with van der Waals surface area (Å²) in [7, 11) is 0. The Bertz CT molecular complexity index is 525. The maximum Gasteiger partial charge on any atom is 0.242 e. The molecule has 0 aromatic heterocycles. The molecule has 4 heteroatoms. The largest absolute Gasteiger partial charge is 0.347 e. The summed E-state index contributed by atoms with van der Waals surface area (Å²) in [6.45, 7) is 2.94. The van der Waals surface area contributed by atoms with Crippen molar-refractivity contribution >= 4 is 11.8 Å². The Labute approximate surface area is 106 Å². The van der Waals surface area contributed by atoms with Crippen molar-refractivity contribution in [1.29, 1.82) is 0 Å². The minimum absolute atomic E-state index is 0.0259. The van der Waals surface area contributed by atoms with Crippen LogP contribution >= 0.6 is 0 Å². The van der Waals surface area contributed by atoms with E-state index in [1.165, 1.54) is 11.1 Å². The van der Waals surface area contributed by atoms with Gasteiger partial charge in [0.15, 0.2) is 0 Å². The lowest BCUT2D eigenvalue weighted by Crippen LogP contribution is -2.41. The van der Waals surface area contributed by atoms with Crippen molar-refractivity contribution < 1.29 is 9.59 Å². The number of benzene rings is 1. The predicted octanol–water partition coefficient (Wildman–Crippen LogP) is 0.941. The molecular formula is C14H16N2O2. The summed E-state index contributed by atoms with van der Waals surface area (Å²) in [5.74, 6) is -0.0109. The molecule has 1 fully saturated rings. The number of nitrogens with zero attached hydrogens (tertiary/aromatic N) is 1. The van der Waals surface area contributed by atoms with E-state index in [4.69, 9.17) is 0 Å². The zero-order valence-electron chi connectivity index (χ0n) is 10.4. The van der Waals surface area contributed by atoms with Gasteiger partial charge in [0.1, 0.15) is 0 Å². The maximum absolute atomic E-state index is 12.0. The lowest BCUT2D eigenvalue weighted by atomic mass is 9.88. The van der Waals surface area contributed by atoms with Gasteiger partial charge >= 0.3 is 0 Å². The fourth-order valence-electron chi connectivity index (χ4n) is 2.98. The van der Waals surface area contributed by atoms with Gasteiger partial charge in [-0.15, -0.1) is 0 Å². The van der Waals surface area contributed by atoms with E-state index in [1.807, 2.05) is 17.0 Å². The molecule has 2 amide bonds. The van der Waals surface area contributed by atoms with Gasteiger partial charge in [-0.1, -0.05) is 18.2 Å². The topological polar surface area (TPSA) is 49.4 Å². The standard InChI is InChI=1S/C14H16N2O2/c1-9-3-2-4-11-10(9)5-6-16-12(11)7-13(17)15-8-14(16)18/h2-4,12H,5-8H2,1H3,(H,15,17). The summed E-state index contributed by atoms with van der Waals surface area (Å²) in [5, 5.41) is 2.67. The molecule has 1 aromatic rings. The minimum Gasteiger partial charge on any atom is -0.347 e. The Morgan fingerprint density at radius 3 is 3.00 bits per heavy atom. The summed E-state index contributed by atoms with van der Waals surface area (Å²) in [4.78, 5) is 25.5. The summed E-state index contributed by atoms with van der Waals surface area (Å²) >= 11 is 0. The Morgan fingerprint density at radius 2 is 2.17 bits per heavy atom. The molecule has 18 heavy (non-hydrogen) atoms. The number of amides is 2. The number of hydrogen-bond acceptors (Lipinski definition) is 2. The molecule has 0 spiro atoms. The molecule has 1 unspecified atom stereocenters. The summed E-state index contributed by atoms with van der Waals surface area (Å²) in [6.07, 6.45) is 1.26. The van der Waals surface area contributed by atoms with Gasteiger partial charge in [-0.2, -0.15) is 0 Å². The van der Waals surface area contributed by atoms with E-state index >= 15 is 0 Å². The summed E-state index contributed by atoms with van der Waals surface area (Å²) < 4.78 is 0. The first kappa shape index (κ1) is 11.3. The van der Waals surface area contributed by atoms with Crippen molar-refractivity contribution in [2.45, 2.75) is 25.8 Å². The zero-order chi connectivity index (χ0) is 12.7. The Balaban J connectivity index is 2.07. The highest BCUT2D eigenvalue weighted by Gasteiger charge is 2.34. The molecule has 1 aromatic carbocycles. The van der Waals surface area contributed by atoms with Gasteiger partial charge in [-0.25, -0.2) is 0 Å². The first-order valence-corrected chi connectivity index (χ1v) is 6.31. The van der Waals surface area contributed by atoms with Crippen LogP contribution in [0.25, 0.3) is 0 Å². The highest BCUT2D eigenvalue weighted by molar-refractivity contribution is 5.88. The van der Waals surface area contributed by atoms with E-state index in [1.54, 1.807) is 0 Å². The van der Waals surface area contributed by atoms with E-state index in [0.29, 0.717) is 6.42 Å². The summed E-state index contributed by atoms with van der Waals surface area (Å²) in [5.41, 5.74) is 3.71. The third-order valence-electron chi connectivity index (χ3n) is 3.92. The molecular weight excluding hydrogens is 228 g/mol. The van der Waals surface area contributed by atoms with E-state index in [2.05, 4.69) is 18.3 Å². The van der Waals surface area contributed by atoms with Crippen LogP contribution in [0.2, 0.25) is 0 Å². The van der Waals surface area contributed by atoms with Gasteiger partial charge in [-0.05, 0) is 30.0 Å². The third kappa shape index (κ3) is 1.68. The number of carbonyl (C=O) groups is 2. The molecule has 1 atom stereocenters. The van der Waals surface area contributed by atoms with Crippen molar-refractivity contribution in [3.8, 4) is 0 Å². The third-order valence-corrected chi connectivity index (χ3v) is 3.92. The molecule has 0 radical (unpaired) electrons. The molecule has 2 aliphatic heterocycles. The van der Waals surface area contributed by atoms with Gasteiger partial charge in [0.05, 0.1) is 19.0 Å².